The third-order valence-electron chi connectivity index (χ3n) is 4.68. The van der Waals surface area contributed by atoms with Crippen LogP contribution in [0.3, 0.4) is 0 Å². The van der Waals surface area contributed by atoms with E-state index in [0.717, 1.165) is 18.4 Å². The van der Waals surface area contributed by atoms with Gasteiger partial charge in [-0.25, -0.2) is 0 Å². The summed E-state index contributed by atoms with van der Waals surface area (Å²) in [6.07, 6.45) is 8.45. The quantitative estimate of drug-likeness (QED) is 0.815. The van der Waals surface area contributed by atoms with Gasteiger partial charge in [0, 0.05) is 26.7 Å². The molecule has 0 spiro atoms. The first-order valence-electron chi connectivity index (χ1n) is 7.27. The van der Waals surface area contributed by atoms with Crippen molar-refractivity contribution >= 4 is 0 Å². The van der Waals surface area contributed by atoms with Crippen LogP contribution in [0.25, 0.3) is 0 Å². The van der Waals surface area contributed by atoms with Gasteiger partial charge in [0.25, 0.3) is 0 Å². The van der Waals surface area contributed by atoms with Crippen molar-refractivity contribution in [2.45, 2.75) is 44.6 Å². The van der Waals surface area contributed by atoms with Crippen LogP contribution >= 0.6 is 0 Å². The molecular formula is C14H28N2O. The van der Waals surface area contributed by atoms with E-state index >= 15 is 0 Å². The molecule has 1 aliphatic heterocycles. The Morgan fingerprint density at radius 1 is 1.00 bits per heavy atom. The van der Waals surface area contributed by atoms with Crippen LogP contribution in [0, 0.1) is 11.8 Å². The minimum Gasteiger partial charge on any atom is -0.381 e. The van der Waals surface area contributed by atoms with Gasteiger partial charge in [0.05, 0.1) is 6.10 Å². The largest absolute Gasteiger partial charge is 0.381 e. The standard InChI is InChI=1S/C14H28N2O/c1-17-14-6-8-16(9-7-14)11-13-4-2-12(10-15)3-5-13/h12-14H,2-11,15H2,1H3. The highest BCUT2D eigenvalue weighted by Crippen LogP contribution is 2.29. The fraction of sp³-hybridized carbons (Fsp3) is 1.00. The minimum absolute atomic E-state index is 0.513. The van der Waals surface area contributed by atoms with Crippen LogP contribution < -0.4 is 5.73 Å². The van der Waals surface area contributed by atoms with E-state index in [2.05, 4.69) is 4.90 Å². The SMILES string of the molecule is COC1CCN(CC2CCC(CN)CC2)CC1. The lowest BCUT2D eigenvalue weighted by Crippen LogP contribution is -2.40. The Balaban J connectivity index is 1.65. The van der Waals surface area contributed by atoms with Gasteiger partial charge < -0.3 is 15.4 Å². The Morgan fingerprint density at radius 3 is 2.12 bits per heavy atom. The van der Waals surface area contributed by atoms with Crippen molar-refractivity contribution in [3.63, 3.8) is 0 Å². The maximum atomic E-state index is 5.74. The molecule has 2 aliphatic rings. The Hall–Kier alpha value is -0.120. The van der Waals surface area contributed by atoms with Gasteiger partial charge in [0.1, 0.15) is 0 Å². The van der Waals surface area contributed by atoms with E-state index in [1.807, 2.05) is 7.11 Å². The van der Waals surface area contributed by atoms with Crippen molar-refractivity contribution in [2.24, 2.45) is 17.6 Å². The predicted octanol–water partition coefficient (Wildman–Crippen LogP) is 1.86. The van der Waals surface area contributed by atoms with Crippen LogP contribution in [-0.2, 0) is 4.74 Å². The van der Waals surface area contributed by atoms with Crippen molar-refractivity contribution in [1.82, 2.24) is 4.90 Å². The molecule has 3 heteroatoms. The first-order chi connectivity index (χ1) is 8.31. The highest BCUT2D eigenvalue weighted by atomic mass is 16.5. The number of ether oxygens (including phenoxy) is 1. The van der Waals surface area contributed by atoms with Crippen LogP contribution in [0.5, 0.6) is 0 Å². The van der Waals surface area contributed by atoms with Gasteiger partial charge in [-0.1, -0.05) is 0 Å². The van der Waals surface area contributed by atoms with E-state index < -0.39 is 0 Å². The van der Waals surface area contributed by atoms with E-state index in [-0.39, 0.29) is 0 Å². The van der Waals surface area contributed by atoms with E-state index in [1.54, 1.807) is 0 Å². The topological polar surface area (TPSA) is 38.5 Å². The molecule has 1 saturated heterocycles. The Kier molecular flexibility index (Phi) is 5.26. The summed E-state index contributed by atoms with van der Waals surface area (Å²) < 4.78 is 5.42. The smallest absolute Gasteiger partial charge is 0.0595 e. The van der Waals surface area contributed by atoms with Gasteiger partial charge >= 0.3 is 0 Å². The number of piperidine rings is 1. The monoisotopic (exact) mass is 240 g/mol. The van der Waals surface area contributed by atoms with Gasteiger partial charge in [-0.3, -0.25) is 0 Å². The zero-order valence-corrected chi connectivity index (χ0v) is 11.2. The molecule has 1 heterocycles. The van der Waals surface area contributed by atoms with Crippen LogP contribution in [-0.4, -0.2) is 44.3 Å². The molecule has 0 bridgehead atoms. The summed E-state index contributed by atoms with van der Waals surface area (Å²) in [4.78, 5) is 2.64. The highest BCUT2D eigenvalue weighted by Gasteiger charge is 2.24. The molecule has 2 rings (SSSR count). The second kappa shape index (κ2) is 6.72. The van der Waals surface area contributed by atoms with Gasteiger partial charge in [-0.2, -0.15) is 0 Å². The number of methoxy groups -OCH3 is 1. The molecular weight excluding hydrogens is 212 g/mol. The maximum Gasteiger partial charge on any atom is 0.0595 e. The fourth-order valence-corrected chi connectivity index (χ4v) is 3.34. The molecule has 17 heavy (non-hydrogen) atoms. The molecule has 0 atom stereocenters. The molecule has 1 aliphatic carbocycles. The summed E-state index contributed by atoms with van der Waals surface area (Å²) >= 11 is 0. The number of rotatable bonds is 4. The first-order valence-corrected chi connectivity index (χ1v) is 7.27. The second-order valence-electron chi connectivity index (χ2n) is 5.86. The number of hydrogen-bond donors (Lipinski definition) is 1. The summed E-state index contributed by atoms with van der Waals surface area (Å²) in [7, 11) is 1.84. The zero-order chi connectivity index (χ0) is 12.1. The molecule has 2 N–H and O–H groups in total. The lowest BCUT2D eigenvalue weighted by atomic mass is 9.81. The third-order valence-corrected chi connectivity index (χ3v) is 4.68. The Labute approximate surface area is 106 Å². The van der Waals surface area contributed by atoms with E-state index in [1.165, 1.54) is 58.2 Å². The average molecular weight is 240 g/mol. The van der Waals surface area contributed by atoms with E-state index in [0.29, 0.717) is 6.10 Å². The second-order valence-corrected chi connectivity index (χ2v) is 5.86. The molecule has 0 unspecified atom stereocenters. The lowest BCUT2D eigenvalue weighted by Gasteiger charge is -2.36. The Morgan fingerprint density at radius 2 is 1.59 bits per heavy atom. The van der Waals surface area contributed by atoms with E-state index in [9.17, 15) is 0 Å². The molecule has 0 amide bonds. The van der Waals surface area contributed by atoms with Crippen molar-refractivity contribution in [3.8, 4) is 0 Å². The van der Waals surface area contributed by atoms with Gasteiger partial charge in [0.2, 0.25) is 0 Å². The van der Waals surface area contributed by atoms with Crippen molar-refractivity contribution < 1.29 is 4.74 Å². The van der Waals surface area contributed by atoms with Crippen molar-refractivity contribution in [1.29, 1.82) is 0 Å². The zero-order valence-electron chi connectivity index (χ0n) is 11.2. The average Bonchev–Trinajstić information content (AvgIpc) is 2.40. The van der Waals surface area contributed by atoms with Gasteiger partial charge in [0.15, 0.2) is 0 Å². The molecule has 0 radical (unpaired) electrons. The molecule has 0 aromatic rings. The summed E-state index contributed by atoms with van der Waals surface area (Å²) in [5.74, 6) is 1.74. The number of nitrogens with zero attached hydrogens (tertiary/aromatic N) is 1. The van der Waals surface area contributed by atoms with E-state index in [4.69, 9.17) is 10.5 Å². The van der Waals surface area contributed by atoms with Gasteiger partial charge in [-0.05, 0) is 56.9 Å². The van der Waals surface area contributed by atoms with Gasteiger partial charge in [-0.15, -0.1) is 0 Å². The molecule has 2 fully saturated rings. The minimum atomic E-state index is 0.513. The molecule has 1 saturated carbocycles. The predicted molar refractivity (Wildman–Crippen MR) is 71.0 cm³/mol. The van der Waals surface area contributed by atoms with Crippen LogP contribution in [0.2, 0.25) is 0 Å². The highest BCUT2D eigenvalue weighted by molar-refractivity contribution is 4.78. The lowest BCUT2D eigenvalue weighted by molar-refractivity contribution is 0.0337. The molecule has 0 aromatic carbocycles. The maximum absolute atomic E-state index is 5.74. The van der Waals surface area contributed by atoms with Crippen LogP contribution in [0.4, 0.5) is 0 Å². The number of nitrogens with two attached hydrogens (primary N) is 1. The first kappa shape index (κ1) is 13.3. The molecule has 3 nitrogen and oxygen atoms in total. The number of likely N-dealkylation sites (tertiary alicyclic amines) is 1. The molecule has 100 valence electrons. The summed E-state index contributed by atoms with van der Waals surface area (Å²) in [5.41, 5.74) is 5.74. The Bertz CT molecular complexity index is 184. The normalized spacial score (nSPS) is 32.8. The number of hydrogen-bond acceptors (Lipinski definition) is 3. The van der Waals surface area contributed by atoms with Crippen molar-refractivity contribution in [3.05, 3.63) is 0 Å². The van der Waals surface area contributed by atoms with Crippen LogP contribution in [0.1, 0.15) is 38.5 Å². The van der Waals surface area contributed by atoms with Crippen molar-refractivity contribution in [2.75, 3.05) is 33.3 Å². The summed E-state index contributed by atoms with van der Waals surface area (Å²) in [6, 6.07) is 0. The summed E-state index contributed by atoms with van der Waals surface area (Å²) in [5, 5.41) is 0. The van der Waals surface area contributed by atoms with Crippen LogP contribution in [0.15, 0.2) is 0 Å². The molecule has 0 aromatic heterocycles. The third kappa shape index (κ3) is 3.94. The summed E-state index contributed by atoms with van der Waals surface area (Å²) in [6.45, 7) is 4.67. The fourth-order valence-electron chi connectivity index (χ4n) is 3.34.